The first-order valence-electron chi connectivity index (χ1n) is 6.79. The summed E-state index contributed by atoms with van der Waals surface area (Å²) in [6, 6.07) is 7.29. The third-order valence-corrected chi connectivity index (χ3v) is 5.05. The highest BCUT2D eigenvalue weighted by Gasteiger charge is 2.19. The molecule has 1 atom stereocenters. The van der Waals surface area contributed by atoms with Crippen molar-refractivity contribution < 1.29 is 12.8 Å². The van der Waals surface area contributed by atoms with E-state index in [4.69, 9.17) is 4.42 Å². The fourth-order valence-electron chi connectivity index (χ4n) is 2.42. The maximum absolute atomic E-state index is 12.3. The van der Waals surface area contributed by atoms with Gasteiger partial charge in [0, 0.05) is 18.0 Å². The summed E-state index contributed by atoms with van der Waals surface area (Å²) in [4.78, 5) is 11.3. The van der Waals surface area contributed by atoms with Crippen LogP contribution < -0.4 is 15.7 Å². The van der Waals surface area contributed by atoms with Crippen molar-refractivity contribution in [1.82, 2.24) is 10.0 Å². The van der Waals surface area contributed by atoms with Gasteiger partial charge in [-0.3, -0.25) is 0 Å². The summed E-state index contributed by atoms with van der Waals surface area (Å²) in [6.07, 6.45) is 0.978. The second kappa shape index (κ2) is 5.59. The van der Waals surface area contributed by atoms with Gasteiger partial charge >= 0.3 is 5.63 Å². The van der Waals surface area contributed by atoms with Crippen molar-refractivity contribution in [2.24, 2.45) is 5.92 Å². The van der Waals surface area contributed by atoms with E-state index < -0.39 is 15.6 Å². The van der Waals surface area contributed by atoms with E-state index in [1.807, 2.05) is 0 Å². The lowest BCUT2D eigenvalue weighted by Gasteiger charge is -2.11. The molecule has 0 bridgehead atoms. The van der Waals surface area contributed by atoms with Crippen molar-refractivity contribution in [2.75, 3.05) is 19.6 Å². The Bertz CT molecular complexity index is 807. The molecular weight excluding hydrogens is 292 g/mol. The first-order valence-corrected chi connectivity index (χ1v) is 8.27. The van der Waals surface area contributed by atoms with Crippen molar-refractivity contribution in [3.05, 3.63) is 40.8 Å². The van der Waals surface area contributed by atoms with Gasteiger partial charge in [0.1, 0.15) is 5.58 Å². The van der Waals surface area contributed by atoms with E-state index in [0.29, 0.717) is 23.4 Å². The maximum atomic E-state index is 12.3. The van der Waals surface area contributed by atoms with Crippen LogP contribution in [-0.2, 0) is 10.0 Å². The van der Waals surface area contributed by atoms with Crippen LogP contribution in [0.15, 0.2) is 44.4 Å². The monoisotopic (exact) mass is 308 g/mol. The predicted molar refractivity (Wildman–Crippen MR) is 78.6 cm³/mol. The average molecular weight is 308 g/mol. The molecule has 6 nitrogen and oxygen atoms in total. The predicted octanol–water partition coefficient (Wildman–Crippen LogP) is 0.681. The molecule has 0 radical (unpaired) electrons. The smallest absolute Gasteiger partial charge is 0.336 e. The van der Waals surface area contributed by atoms with Gasteiger partial charge in [-0.15, -0.1) is 0 Å². The minimum absolute atomic E-state index is 0.176. The van der Waals surface area contributed by atoms with Crippen molar-refractivity contribution >= 4 is 21.0 Å². The Balaban J connectivity index is 1.84. The number of sulfonamides is 1. The first-order chi connectivity index (χ1) is 10.0. The molecule has 1 fully saturated rings. The highest BCUT2D eigenvalue weighted by molar-refractivity contribution is 7.89. The van der Waals surface area contributed by atoms with Crippen LogP contribution in [0.4, 0.5) is 0 Å². The van der Waals surface area contributed by atoms with E-state index in [2.05, 4.69) is 10.0 Å². The van der Waals surface area contributed by atoms with Crippen LogP contribution in [0.1, 0.15) is 6.42 Å². The molecule has 1 aromatic heterocycles. The van der Waals surface area contributed by atoms with E-state index in [1.165, 1.54) is 24.3 Å². The Morgan fingerprint density at radius 3 is 2.90 bits per heavy atom. The molecule has 0 spiro atoms. The van der Waals surface area contributed by atoms with Crippen LogP contribution in [0.3, 0.4) is 0 Å². The Morgan fingerprint density at radius 2 is 2.14 bits per heavy atom. The molecule has 21 heavy (non-hydrogen) atoms. The zero-order valence-corrected chi connectivity index (χ0v) is 12.2. The molecule has 0 aliphatic carbocycles. The SMILES string of the molecule is O=c1ccc2cc(S(=O)(=O)NCC3CCNC3)ccc2o1. The second-order valence-corrected chi connectivity index (χ2v) is 6.93. The van der Waals surface area contributed by atoms with Crippen LogP contribution in [0.5, 0.6) is 0 Å². The van der Waals surface area contributed by atoms with Crippen molar-refractivity contribution in [3.8, 4) is 0 Å². The van der Waals surface area contributed by atoms with Crippen LogP contribution in [0.25, 0.3) is 11.0 Å². The second-order valence-electron chi connectivity index (χ2n) is 5.16. The lowest BCUT2D eigenvalue weighted by molar-refractivity contribution is 0.538. The van der Waals surface area contributed by atoms with Crippen molar-refractivity contribution in [2.45, 2.75) is 11.3 Å². The van der Waals surface area contributed by atoms with Gasteiger partial charge in [0.05, 0.1) is 4.90 Å². The standard InChI is InChI=1S/C14H16N2O4S/c17-14-4-1-11-7-12(2-3-13(11)20-14)21(18,19)16-9-10-5-6-15-8-10/h1-4,7,10,15-16H,5-6,8-9H2. The molecule has 2 aromatic rings. The largest absolute Gasteiger partial charge is 0.423 e. The van der Waals surface area contributed by atoms with Gasteiger partial charge in [0.25, 0.3) is 0 Å². The van der Waals surface area contributed by atoms with Gasteiger partial charge in [-0.1, -0.05) is 0 Å². The minimum Gasteiger partial charge on any atom is -0.423 e. The summed E-state index contributed by atoms with van der Waals surface area (Å²) in [5.41, 5.74) is -0.0774. The molecule has 112 valence electrons. The number of hydrogen-bond acceptors (Lipinski definition) is 5. The van der Waals surface area contributed by atoms with Gasteiger partial charge in [-0.2, -0.15) is 0 Å². The minimum atomic E-state index is -3.55. The van der Waals surface area contributed by atoms with E-state index in [9.17, 15) is 13.2 Å². The summed E-state index contributed by atoms with van der Waals surface area (Å²) in [5.74, 6) is 0.332. The molecule has 1 aromatic carbocycles. The molecule has 0 amide bonds. The van der Waals surface area contributed by atoms with Gasteiger partial charge in [0.15, 0.2) is 0 Å². The van der Waals surface area contributed by atoms with Gasteiger partial charge in [0.2, 0.25) is 10.0 Å². The molecule has 3 rings (SSSR count). The Kier molecular flexibility index (Phi) is 3.79. The van der Waals surface area contributed by atoms with E-state index in [1.54, 1.807) is 6.07 Å². The summed E-state index contributed by atoms with van der Waals surface area (Å²) < 4.78 is 32.2. The zero-order chi connectivity index (χ0) is 14.9. The number of hydrogen-bond donors (Lipinski definition) is 2. The molecule has 2 N–H and O–H groups in total. The number of fused-ring (bicyclic) bond motifs is 1. The van der Waals surface area contributed by atoms with E-state index >= 15 is 0 Å². The molecule has 0 saturated carbocycles. The van der Waals surface area contributed by atoms with Crippen LogP contribution in [-0.4, -0.2) is 28.1 Å². The lowest BCUT2D eigenvalue weighted by atomic mass is 10.1. The summed E-state index contributed by atoms with van der Waals surface area (Å²) in [7, 11) is -3.55. The van der Waals surface area contributed by atoms with Crippen LogP contribution >= 0.6 is 0 Å². The van der Waals surface area contributed by atoms with Gasteiger partial charge < -0.3 is 9.73 Å². The van der Waals surface area contributed by atoms with Crippen molar-refractivity contribution in [3.63, 3.8) is 0 Å². The summed E-state index contributed by atoms with van der Waals surface area (Å²) in [5, 5.41) is 3.78. The highest BCUT2D eigenvalue weighted by Crippen LogP contribution is 2.18. The quantitative estimate of drug-likeness (QED) is 0.811. The average Bonchev–Trinajstić information content (AvgIpc) is 2.98. The summed E-state index contributed by atoms with van der Waals surface area (Å²) >= 11 is 0. The zero-order valence-electron chi connectivity index (χ0n) is 11.3. The van der Waals surface area contributed by atoms with E-state index in [0.717, 1.165) is 19.5 Å². The van der Waals surface area contributed by atoms with Crippen molar-refractivity contribution in [1.29, 1.82) is 0 Å². The van der Waals surface area contributed by atoms with E-state index in [-0.39, 0.29) is 4.90 Å². The summed E-state index contributed by atoms with van der Waals surface area (Å²) in [6.45, 7) is 2.20. The molecule has 7 heteroatoms. The topological polar surface area (TPSA) is 88.4 Å². The highest BCUT2D eigenvalue weighted by atomic mass is 32.2. The third kappa shape index (κ3) is 3.15. The Morgan fingerprint density at radius 1 is 1.29 bits per heavy atom. The number of nitrogens with one attached hydrogen (secondary N) is 2. The molecule has 1 aliphatic heterocycles. The lowest BCUT2D eigenvalue weighted by Crippen LogP contribution is -2.30. The maximum Gasteiger partial charge on any atom is 0.336 e. The van der Waals surface area contributed by atoms with Crippen LogP contribution in [0, 0.1) is 5.92 Å². The molecule has 2 heterocycles. The van der Waals surface area contributed by atoms with Crippen LogP contribution in [0.2, 0.25) is 0 Å². The Labute approximate surface area is 122 Å². The molecule has 1 aliphatic rings. The normalized spacial score (nSPS) is 19.1. The van der Waals surface area contributed by atoms with Gasteiger partial charge in [-0.05, 0) is 49.7 Å². The molecular formula is C14H16N2O4S. The number of rotatable bonds is 4. The first kappa shape index (κ1) is 14.2. The van der Waals surface area contributed by atoms with Gasteiger partial charge in [-0.25, -0.2) is 17.9 Å². The number of benzene rings is 1. The fraction of sp³-hybridized carbons (Fsp3) is 0.357. The Hall–Kier alpha value is -1.70. The molecule has 1 unspecified atom stereocenters. The molecule has 1 saturated heterocycles. The fourth-order valence-corrected chi connectivity index (χ4v) is 3.57. The third-order valence-electron chi connectivity index (χ3n) is 3.63.